The van der Waals surface area contributed by atoms with Crippen molar-refractivity contribution in [3.63, 3.8) is 0 Å². The number of nitriles is 1. The van der Waals surface area contributed by atoms with E-state index < -0.39 is 16.0 Å². The van der Waals surface area contributed by atoms with Crippen molar-refractivity contribution >= 4 is 55.3 Å². The average molecular weight is 568 g/mol. The number of aryl methyl sites for hydroxylation is 2. The van der Waals surface area contributed by atoms with E-state index in [2.05, 4.69) is 26.6 Å². The zero-order valence-electron chi connectivity index (χ0n) is 19.6. The summed E-state index contributed by atoms with van der Waals surface area (Å²) < 4.78 is 30.9. The Labute approximate surface area is 217 Å². The van der Waals surface area contributed by atoms with E-state index in [1.807, 2.05) is 38.1 Å². The van der Waals surface area contributed by atoms with E-state index in [-0.39, 0.29) is 22.1 Å². The minimum atomic E-state index is -4.15. The van der Waals surface area contributed by atoms with E-state index in [0.29, 0.717) is 21.4 Å². The van der Waals surface area contributed by atoms with Gasteiger partial charge in [0.15, 0.2) is 5.75 Å². The Hall–Kier alpha value is -3.94. The largest absolute Gasteiger partial charge is 0.378 e. The van der Waals surface area contributed by atoms with E-state index in [4.69, 9.17) is 4.18 Å². The van der Waals surface area contributed by atoms with Crippen LogP contribution < -0.4 is 14.8 Å². The molecule has 36 heavy (non-hydrogen) atoms. The predicted molar refractivity (Wildman–Crippen MR) is 141 cm³/mol. The molecule has 0 fully saturated rings. The Morgan fingerprint density at radius 2 is 1.69 bits per heavy atom. The summed E-state index contributed by atoms with van der Waals surface area (Å²) in [5, 5.41) is 14.8. The third kappa shape index (κ3) is 6.81. The molecule has 3 aromatic rings. The lowest BCUT2D eigenvalue weighted by atomic mass is 10.1. The van der Waals surface area contributed by atoms with Gasteiger partial charge < -0.3 is 14.8 Å². The molecule has 0 aliphatic carbocycles. The summed E-state index contributed by atoms with van der Waals surface area (Å²) in [6, 6.07) is 17.5. The van der Waals surface area contributed by atoms with Crippen molar-refractivity contribution in [3.05, 3.63) is 87.4 Å². The molecular formula is C26H22BrN3O5S. The molecule has 3 aromatic carbocycles. The van der Waals surface area contributed by atoms with Gasteiger partial charge in [-0.1, -0.05) is 18.2 Å². The van der Waals surface area contributed by atoms with Crippen LogP contribution in [0.4, 0.5) is 11.4 Å². The van der Waals surface area contributed by atoms with Crippen LogP contribution in [0.25, 0.3) is 6.08 Å². The smallest absolute Gasteiger partial charge is 0.339 e. The van der Waals surface area contributed by atoms with E-state index in [9.17, 15) is 23.3 Å². The number of halogens is 1. The van der Waals surface area contributed by atoms with Crippen LogP contribution in [0.1, 0.15) is 23.6 Å². The zero-order valence-corrected chi connectivity index (χ0v) is 22.0. The van der Waals surface area contributed by atoms with Gasteiger partial charge in [0.25, 0.3) is 5.91 Å². The molecule has 3 rings (SSSR count). The maximum absolute atomic E-state index is 12.7. The number of anilines is 2. The first-order chi connectivity index (χ1) is 17.0. The standard InChI is InChI=1S/C26H22BrN3O5S/c1-16-4-5-17(2)24(12-16)30-26(32)20(15-28)13-19-6-11-25(23(27)14-19)35-36(33,34)22-9-7-21(8-10-22)29-18(3)31/h4-14H,1-3H3,(H,29,31)(H,30,32)/b20-13+. The van der Waals surface area contributed by atoms with Gasteiger partial charge in [-0.05, 0) is 95.0 Å². The fourth-order valence-corrected chi connectivity index (χ4v) is 4.66. The lowest BCUT2D eigenvalue weighted by molar-refractivity contribution is -0.114. The number of nitrogens with zero attached hydrogens (tertiary/aromatic N) is 1. The Morgan fingerprint density at radius 1 is 1.00 bits per heavy atom. The van der Waals surface area contributed by atoms with E-state index in [1.165, 1.54) is 55.5 Å². The molecule has 0 radical (unpaired) electrons. The number of rotatable bonds is 7. The first kappa shape index (κ1) is 26.7. The lowest BCUT2D eigenvalue weighted by Crippen LogP contribution is -2.14. The summed E-state index contributed by atoms with van der Waals surface area (Å²) in [6.45, 7) is 5.10. The molecule has 2 amide bonds. The highest BCUT2D eigenvalue weighted by molar-refractivity contribution is 9.10. The second-order valence-corrected chi connectivity index (χ2v) is 10.3. The van der Waals surface area contributed by atoms with Crippen LogP contribution >= 0.6 is 15.9 Å². The molecule has 0 unspecified atom stereocenters. The maximum Gasteiger partial charge on any atom is 0.339 e. The normalized spacial score (nSPS) is 11.4. The van der Waals surface area contributed by atoms with Gasteiger partial charge in [-0.2, -0.15) is 13.7 Å². The first-order valence-electron chi connectivity index (χ1n) is 10.6. The van der Waals surface area contributed by atoms with Crippen molar-refractivity contribution in [1.82, 2.24) is 0 Å². The third-order valence-electron chi connectivity index (χ3n) is 4.94. The quantitative estimate of drug-likeness (QED) is 0.225. The summed E-state index contributed by atoms with van der Waals surface area (Å²) in [4.78, 5) is 23.7. The molecule has 0 heterocycles. The molecule has 0 aliphatic rings. The highest BCUT2D eigenvalue weighted by Crippen LogP contribution is 2.30. The van der Waals surface area contributed by atoms with Gasteiger partial charge in [0.1, 0.15) is 16.5 Å². The van der Waals surface area contributed by atoms with Crippen LogP contribution in [0, 0.1) is 25.2 Å². The summed E-state index contributed by atoms with van der Waals surface area (Å²) in [7, 11) is -4.15. The minimum Gasteiger partial charge on any atom is -0.378 e. The summed E-state index contributed by atoms with van der Waals surface area (Å²) in [5.41, 5.74) is 3.26. The number of hydrogen-bond donors (Lipinski definition) is 2. The molecule has 0 aliphatic heterocycles. The molecule has 0 spiro atoms. The highest BCUT2D eigenvalue weighted by atomic mass is 79.9. The summed E-state index contributed by atoms with van der Waals surface area (Å²) in [6.07, 6.45) is 1.39. The van der Waals surface area contributed by atoms with Gasteiger partial charge in [0, 0.05) is 18.3 Å². The van der Waals surface area contributed by atoms with Crippen molar-refractivity contribution in [3.8, 4) is 11.8 Å². The molecule has 0 aromatic heterocycles. The van der Waals surface area contributed by atoms with E-state index in [0.717, 1.165) is 11.1 Å². The molecule has 0 saturated carbocycles. The molecule has 0 saturated heterocycles. The second kappa shape index (κ2) is 11.2. The summed E-state index contributed by atoms with van der Waals surface area (Å²) in [5.74, 6) is -0.813. The molecular weight excluding hydrogens is 546 g/mol. The Balaban J connectivity index is 1.78. The van der Waals surface area contributed by atoms with Gasteiger partial charge in [0.05, 0.1) is 4.47 Å². The van der Waals surface area contributed by atoms with Crippen molar-refractivity contribution in [2.24, 2.45) is 0 Å². The monoisotopic (exact) mass is 567 g/mol. The lowest BCUT2D eigenvalue weighted by Gasteiger charge is -2.11. The van der Waals surface area contributed by atoms with E-state index >= 15 is 0 Å². The molecule has 2 N–H and O–H groups in total. The number of carbonyl (C=O) groups is 2. The van der Waals surface area contributed by atoms with Crippen molar-refractivity contribution in [2.75, 3.05) is 10.6 Å². The van der Waals surface area contributed by atoms with Gasteiger partial charge in [-0.25, -0.2) is 0 Å². The zero-order chi connectivity index (χ0) is 26.5. The van der Waals surface area contributed by atoms with Crippen LogP contribution in [0.5, 0.6) is 5.75 Å². The Bertz CT molecular complexity index is 1510. The Kier molecular flexibility index (Phi) is 8.29. The van der Waals surface area contributed by atoms with Gasteiger partial charge in [-0.3, -0.25) is 9.59 Å². The predicted octanol–water partition coefficient (Wildman–Crippen LogP) is 5.34. The average Bonchev–Trinajstić information content (AvgIpc) is 2.81. The van der Waals surface area contributed by atoms with Crippen molar-refractivity contribution in [2.45, 2.75) is 25.7 Å². The van der Waals surface area contributed by atoms with Crippen molar-refractivity contribution < 1.29 is 22.2 Å². The number of nitrogens with one attached hydrogen (secondary N) is 2. The van der Waals surface area contributed by atoms with E-state index in [1.54, 1.807) is 0 Å². The van der Waals surface area contributed by atoms with Crippen LogP contribution in [-0.4, -0.2) is 20.2 Å². The van der Waals surface area contributed by atoms with Crippen molar-refractivity contribution in [1.29, 1.82) is 5.26 Å². The SMILES string of the molecule is CC(=O)Nc1ccc(S(=O)(=O)Oc2ccc(/C=C(\C#N)C(=O)Nc3cc(C)ccc3C)cc2Br)cc1. The first-order valence-corrected chi connectivity index (χ1v) is 12.8. The number of amides is 2. The Morgan fingerprint density at radius 3 is 2.31 bits per heavy atom. The third-order valence-corrected chi connectivity index (χ3v) is 6.80. The molecule has 0 bridgehead atoms. The van der Waals surface area contributed by atoms with Gasteiger partial charge in [0.2, 0.25) is 5.91 Å². The van der Waals surface area contributed by atoms with Gasteiger partial charge in [-0.15, -0.1) is 0 Å². The number of carbonyl (C=O) groups excluding carboxylic acids is 2. The molecule has 8 nitrogen and oxygen atoms in total. The topological polar surface area (TPSA) is 125 Å². The molecule has 10 heteroatoms. The fraction of sp³-hybridized carbons (Fsp3) is 0.115. The molecule has 184 valence electrons. The summed E-state index contributed by atoms with van der Waals surface area (Å²) >= 11 is 3.28. The molecule has 0 atom stereocenters. The van der Waals surface area contributed by atoms with Crippen LogP contribution in [0.2, 0.25) is 0 Å². The van der Waals surface area contributed by atoms with Gasteiger partial charge >= 0.3 is 10.1 Å². The maximum atomic E-state index is 12.7. The van der Waals surface area contributed by atoms with Crippen LogP contribution in [0.15, 0.2) is 75.6 Å². The fourth-order valence-electron chi connectivity index (χ4n) is 3.12. The second-order valence-electron chi connectivity index (χ2n) is 7.88. The number of benzene rings is 3. The highest BCUT2D eigenvalue weighted by Gasteiger charge is 2.19. The van der Waals surface area contributed by atoms with Crippen LogP contribution in [-0.2, 0) is 19.7 Å². The number of hydrogen-bond acceptors (Lipinski definition) is 6. The van der Waals surface area contributed by atoms with Crippen LogP contribution in [0.3, 0.4) is 0 Å². The minimum absolute atomic E-state index is 0.0245.